The van der Waals surface area contributed by atoms with Gasteiger partial charge in [0.2, 0.25) is 0 Å². The van der Waals surface area contributed by atoms with Crippen molar-refractivity contribution < 1.29 is 9.53 Å². The van der Waals surface area contributed by atoms with Crippen LogP contribution in [0.2, 0.25) is 0 Å². The molecular formula is C19H29N3O2. The molecule has 2 heterocycles. The third-order valence-electron chi connectivity index (χ3n) is 4.76. The average Bonchev–Trinajstić information content (AvgIpc) is 2.54. The Balaban J connectivity index is 1.59. The summed E-state index contributed by atoms with van der Waals surface area (Å²) in [6, 6.07) is 8.48. The van der Waals surface area contributed by atoms with Crippen LogP contribution < -0.4 is 5.32 Å². The van der Waals surface area contributed by atoms with Crippen LogP contribution >= 0.6 is 0 Å². The number of carbonyl (C=O) groups excluding carboxylic acids is 1. The van der Waals surface area contributed by atoms with Crippen LogP contribution in [-0.2, 0) is 11.3 Å². The summed E-state index contributed by atoms with van der Waals surface area (Å²) in [5.74, 6) is 0.142. The van der Waals surface area contributed by atoms with Gasteiger partial charge in [-0.05, 0) is 38.5 Å². The van der Waals surface area contributed by atoms with E-state index in [4.69, 9.17) is 4.74 Å². The van der Waals surface area contributed by atoms with Crippen LogP contribution in [0, 0.1) is 0 Å². The van der Waals surface area contributed by atoms with Gasteiger partial charge < -0.3 is 15.0 Å². The van der Waals surface area contributed by atoms with E-state index in [0.29, 0.717) is 6.04 Å². The van der Waals surface area contributed by atoms with E-state index in [1.165, 1.54) is 5.56 Å². The van der Waals surface area contributed by atoms with E-state index in [1.54, 1.807) is 0 Å². The van der Waals surface area contributed by atoms with Gasteiger partial charge in [0.25, 0.3) is 5.91 Å². The maximum atomic E-state index is 12.6. The van der Waals surface area contributed by atoms with Gasteiger partial charge in [0.05, 0.1) is 12.2 Å². The quantitative estimate of drug-likeness (QED) is 0.916. The van der Waals surface area contributed by atoms with Gasteiger partial charge in [-0.1, -0.05) is 12.1 Å². The molecule has 0 unspecified atom stereocenters. The Hall–Kier alpha value is -1.43. The van der Waals surface area contributed by atoms with Crippen LogP contribution in [0.4, 0.5) is 0 Å². The van der Waals surface area contributed by atoms with Crippen molar-refractivity contribution in [2.24, 2.45) is 0 Å². The summed E-state index contributed by atoms with van der Waals surface area (Å²) < 4.78 is 5.78. The van der Waals surface area contributed by atoms with Crippen LogP contribution in [0.3, 0.4) is 0 Å². The first-order chi connectivity index (χ1) is 11.5. The SMILES string of the molecule is C[C@@H]1CN(C(=O)c2ccc(CN3C[C@H](C)O[C@@H](C)C3)cc2)CCN1. The molecule has 0 aliphatic carbocycles. The van der Waals surface area contributed by atoms with Crippen molar-refractivity contribution in [1.82, 2.24) is 15.1 Å². The minimum Gasteiger partial charge on any atom is -0.373 e. The second-order valence-corrected chi connectivity index (χ2v) is 7.25. The summed E-state index contributed by atoms with van der Waals surface area (Å²) in [4.78, 5) is 17.0. The third kappa shape index (κ3) is 4.35. The van der Waals surface area contributed by atoms with Crippen molar-refractivity contribution in [3.05, 3.63) is 35.4 Å². The second-order valence-electron chi connectivity index (χ2n) is 7.25. The number of morpholine rings is 1. The summed E-state index contributed by atoms with van der Waals surface area (Å²) >= 11 is 0. The van der Waals surface area contributed by atoms with Crippen molar-refractivity contribution in [2.45, 2.75) is 45.6 Å². The zero-order chi connectivity index (χ0) is 17.1. The molecule has 0 bridgehead atoms. The highest BCUT2D eigenvalue weighted by molar-refractivity contribution is 5.94. The fourth-order valence-corrected chi connectivity index (χ4v) is 3.72. The van der Waals surface area contributed by atoms with Crippen LogP contribution in [-0.4, -0.2) is 66.7 Å². The Labute approximate surface area is 145 Å². The first-order valence-electron chi connectivity index (χ1n) is 9.00. The Kier molecular flexibility index (Phi) is 5.54. The van der Waals surface area contributed by atoms with Crippen molar-refractivity contribution in [3.63, 3.8) is 0 Å². The first-order valence-corrected chi connectivity index (χ1v) is 9.00. The molecule has 2 fully saturated rings. The van der Waals surface area contributed by atoms with Gasteiger partial charge in [0, 0.05) is 50.9 Å². The van der Waals surface area contributed by atoms with E-state index in [-0.39, 0.29) is 18.1 Å². The number of rotatable bonds is 3. The second kappa shape index (κ2) is 7.64. The fourth-order valence-electron chi connectivity index (χ4n) is 3.72. The van der Waals surface area contributed by atoms with Gasteiger partial charge in [0.1, 0.15) is 0 Å². The number of carbonyl (C=O) groups is 1. The molecule has 3 rings (SSSR count). The molecule has 0 radical (unpaired) electrons. The van der Waals surface area contributed by atoms with Crippen molar-refractivity contribution >= 4 is 5.91 Å². The highest BCUT2D eigenvalue weighted by atomic mass is 16.5. The number of amides is 1. The molecule has 2 aliphatic rings. The van der Waals surface area contributed by atoms with Crippen LogP contribution in [0.5, 0.6) is 0 Å². The van der Waals surface area contributed by atoms with Gasteiger partial charge in [-0.3, -0.25) is 9.69 Å². The van der Waals surface area contributed by atoms with E-state index in [9.17, 15) is 4.79 Å². The van der Waals surface area contributed by atoms with Crippen LogP contribution in [0.25, 0.3) is 0 Å². The lowest BCUT2D eigenvalue weighted by Gasteiger charge is -2.35. The highest BCUT2D eigenvalue weighted by Crippen LogP contribution is 2.15. The van der Waals surface area contributed by atoms with Crippen LogP contribution in [0.15, 0.2) is 24.3 Å². The average molecular weight is 331 g/mol. The topological polar surface area (TPSA) is 44.8 Å². The summed E-state index contributed by atoms with van der Waals surface area (Å²) in [6.45, 7) is 11.6. The maximum absolute atomic E-state index is 12.6. The van der Waals surface area contributed by atoms with Crippen molar-refractivity contribution in [3.8, 4) is 0 Å². The zero-order valence-electron chi connectivity index (χ0n) is 15.0. The van der Waals surface area contributed by atoms with Crippen LogP contribution in [0.1, 0.15) is 36.7 Å². The molecular weight excluding hydrogens is 302 g/mol. The van der Waals surface area contributed by atoms with Gasteiger partial charge in [-0.15, -0.1) is 0 Å². The van der Waals surface area contributed by atoms with Gasteiger partial charge in [-0.25, -0.2) is 0 Å². The molecule has 1 aromatic rings. The number of hydrogen-bond acceptors (Lipinski definition) is 4. The minimum absolute atomic E-state index is 0.142. The smallest absolute Gasteiger partial charge is 0.253 e. The molecule has 1 amide bonds. The fraction of sp³-hybridized carbons (Fsp3) is 0.632. The third-order valence-corrected chi connectivity index (χ3v) is 4.76. The zero-order valence-corrected chi connectivity index (χ0v) is 15.0. The predicted molar refractivity (Wildman–Crippen MR) is 95.1 cm³/mol. The molecule has 5 heteroatoms. The Morgan fingerprint density at radius 3 is 2.42 bits per heavy atom. The number of piperazine rings is 1. The maximum Gasteiger partial charge on any atom is 0.253 e. The lowest BCUT2D eigenvalue weighted by atomic mass is 10.1. The molecule has 0 spiro atoms. The number of nitrogens with zero attached hydrogens (tertiary/aromatic N) is 2. The van der Waals surface area contributed by atoms with E-state index >= 15 is 0 Å². The predicted octanol–water partition coefficient (Wildman–Crippen LogP) is 1.73. The minimum atomic E-state index is 0.142. The molecule has 24 heavy (non-hydrogen) atoms. The van der Waals surface area contributed by atoms with Gasteiger partial charge in [0.15, 0.2) is 0 Å². The monoisotopic (exact) mass is 331 g/mol. The lowest BCUT2D eigenvalue weighted by molar-refractivity contribution is -0.0704. The molecule has 3 atom stereocenters. The Morgan fingerprint density at radius 2 is 1.79 bits per heavy atom. The number of nitrogens with one attached hydrogen (secondary N) is 1. The number of hydrogen-bond donors (Lipinski definition) is 1. The Bertz CT molecular complexity index is 550. The molecule has 0 aromatic heterocycles. The molecule has 2 aliphatic heterocycles. The van der Waals surface area contributed by atoms with Gasteiger partial charge >= 0.3 is 0 Å². The first kappa shape index (κ1) is 17.4. The number of benzene rings is 1. The summed E-state index contributed by atoms with van der Waals surface area (Å²) in [7, 11) is 0. The molecule has 132 valence electrons. The van der Waals surface area contributed by atoms with E-state index in [0.717, 1.165) is 44.8 Å². The molecule has 5 nitrogen and oxygen atoms in total. The molecule has 1 N–H and O–H groups in total. The molecule has 0 saturated carbocycles. The van der Waals surface area contributed by atoms with Crippen molar-refractivity contribution in [2.75, 3.05) is 32.7 Å². The molecule has 2 saturated heterocycles. The normalized spacial score (nSPS) is 28.8. The summed E-state index contributed by atoms with van der Waals surface area (Å²) in [5, 5.41) is 3.37. The van der Waals surface area contributed by atoms with Crippen molar-refractivity contribution in [1.29, 1.82) is 0 Å². The Morgan fingerprint density at radius 1 is 1.12 bits per heavy atom. The lowest BCUT2D eigenvalue weighted by Crippen LogP contribution is -2.51. The van der Waals surface area contributed by atoms with Gasteiger partial charge in [-0.2, -0.15) is 0 Å². The summed E-state index contributed by atoms with van der Waals surface area (Å²) in [6.07, 6.45) is 0.564. The number of ether oxygens (including phenoxy) is 1. The standard InChI is InChI=1S/C19H29N3O2/c1-14-10-22(9-8-20-14)19(23)18-6-4-17(5-7-18)13-21-11-15(2)24-16(3)12-21/h4-7,14-16,20H,8-13H2,1-3H3/t14-,15+,16+/m1/s1. The van der Waals surface area contributed by atoms with E-state index < -0.39 is 0 Å². The van der Waals surface area contributed by atoms with E-state index in [1.807, 2.05) is 17.0 Å². The molecule has 1 aromatic carbocycles. The largest absolute Gasteiger partial charge is 0.373 e. The van der Waals surface area contributed by atoms with E-state index in [2.05, 4.69) is 43.1 Å². The highest BCUT2D eigenvalue weighted by Gasteiger charge is 2.23. The summed E-state index contributed by atoms with van der Waals surface area (Å²) in [5.41, 5.74) is 2.04.